The average Bonchev–Trinajstić information content (AvgIpc) is 3.24. The van der Waals surface area contributed by atoms with Crippen molar-refractivity contribution >= 4 is 40.6 Å². The molecule has 186 valence electrons. The Morgan fingerprint density at radius 2 is 1.72 bits per heavy atom. The number of amides is 3. The van der Waals surface area contributed by atoms with Crippen LogP contribution < -0.4 is 5.32 Å². The molecule has 0 radical (unpaired) electrons. The van der Waals surface area contributed by atoms with E-state index in [-0.39, 0.29) is 16.0 Å². The number of aromatic nitrogens is 1. The largest absolute Gasteiger partial charge is 0.322 e. The highest BCUT2D eigenvalue weighted by molar-refractivity contribution is 8.18. The number of benzene rings is 2. The number of para-hydroxylation sites is 1. The molecule has 0 spiro atoms. The van der Waals surface area contributed by atoms with Crippen molar-refractivity contribution in [1.29, 1.82) is 0 Å². The molecule has 1 aliphatic rings. The van der Waals surface area contributed by atoms with Gasteiger partial charge < -0.3 is 9.88 Å². The van der Waals surface area contributed by atoms with Gasteiger partial charge in [0.05, 0.1) is 10.6 Å². The van der Waals surface area contributed by atoms with E-state index in [0.29, 0.717) is 0 Å². The Hall–Kier alpha value is -3.65. The second-order valence-electron chi connectivity index (χ2n) is 9.75. The fourth-order valence-corrected chi connectivity index (χ4v) is 4.94. The van der Waals surface area contributed by atoms with E-state index >= 15 is 0 Å². The molecule has 0 saturated carbocycles. The van der Waals surface area contributed by atoms with Gasteiger partial charge in [0.2, 0.25) is 5.91 Å². The molecular formula is C28H28FN3O3S. The Morgan fingerprint density at radius 1 is 1.06 bits per heavy atom. The highest BCUT2D eigenvalue weighted by Gasteiger charge is 2.36. The number of hydrogen-bond acceptors (Lipinski definition) is 4. The highest BCUT2D eigenvalue weighted by Crippen LogP contribution is 2.34. The van der Waals surface area contributed by atoms with Crippen LogP contribution in [0.2, 0.25) is 0 Å². The van der Waals surface area contributed by atoms with Gasteiger partial charge in [-0.25, -0.2) is 4.39 Å². The number of hydrogen-bond donors (Lipinski definition) is 1. The van der Waals surface area contributed by atoms with E-state index in [0.717, 1.165) is 39.3 Å². The second kappa shape index (κ2) is 9.78. The van der Waals surface area contributed by atoms with Crippen molar-refractivity contribution in [2.24, 2.45) is 0 Å². The molecule has 1 aliphatic heterocycles. The molecule has 1 aromatic heterocycles. The normalized spacial score (nSPS) is 15.2. The summed E-state index contributed by atoms with van der Waals surface area (Å²) >= 11 is 0.788. The molecule has 1 fully saturated rings. The number of carbonyl (C=O) groups is 3. The van der Waals surface area contributed by atoms with Gasteiger partial charge in [-0.2, -0.15) is 0 Å². The molecule has 0 bridgehead atoms. The van der Waals surface area contributed by atoms with E-state index in [2.05, 4.69) is 54.9 Å². The minimum Gasteiger partial charge on any atom is -0.322 e. The monoisotopic (exact) mass is 505 g/mol. The summed E-state index contributed by atoms with van der Waals surface area (Å²) in [5, 5.41) is 1.86. The lowest BCUT2D eigenvalue weighted by molar-refractivity contribution is -0.127. The van der Waals surface area contributed by atoms with Gasteiger partial charge in [-0.05, 0) is 78.6 Å². The van der Waals surface area contributed by atoms with Crippen molar-refractivity contribution in [1.82, 2.24) is 9.47 Å². The van der Waals surface area contributed by atoms with Gasteiger partial charge in [-0.1, -0.05) is 45.0 Å². The molecule has 8 heteroatoms. The summed E-state index contributed by atoms with van der Waals surface area (Å²) in [4.78, 5) is 38.9. The fraction of sp³-hybridized carbons (Fsp3) is 0.250. The van der Waals surface area contributed by atoms with E-state index in [1.165, 1.54) is 23.8 Å². The van der Waals surface area contributed by atoms with Gasteiger partial charge in [0.25, 0.3) is 11.1 Å². The molecule has 0 aliphatic carbocycles. The predicted octanol–water partition coefficient (Wildman–Crippen LogP) is 6.21. The minimum atomic E-state index is -0.652. The smallest absolute Gasteiger partial charge is 0.294 e. The maximum atomic E-state index is 13.8. The molecule has 4 rings (SSSR count). The van der Waals surface area contributed by atoms with Crippen LogP contribution in [0.1, 0.15) is 43.3 Å². The lowest BCUT2D eigenvalue weighted by Crippen LogP contribution is -2.36. The van der Waals surface area contributed by atoms with Crippen molar-refractivity contribution in [2.45, 2.75) is 40.0 Å². The first-order valence-electron chi connectivity index (χ1n) is 11.6. The number of anilines is 1. The van der Waals surface area contributed by atoms with Crippen LogP contribution in [-0.2, 0) is 15.0 Å². The van der Waals surface area contributed by atoms with Crippen molar-refractivity contribution in [3.05, 3.63) is 87.8 Å². The summed E-state index contributed by atoms with van der Waals surface area (Å²) in [6.45, 7) is 9.97. The van der Waals surface area contributed by atoms with Crippen LogP contribution in [0.3, 0.4) is 0 Å². The molecule has 36 heavy (non-hydrogen) atoms. The van der Waals surface area contributed by atoms with E-state index < -0.39 is 29.4 Å². The molecule has 2 heterocycles. The molecule has 6 nitrogen and oxygen atoms in total. The van der Waals surface area contributed by atoms with Gasteiger partial charge in [-0.15, -0.1) is 0 Å². The minimum absolute atomic E-state index is 0.00649. The number of carbonyl (C=O) groups excluding carboxylic acids is 3. The fourth-order valence-electron chi connectivity index (χ4n) is 4.12. The number of rotatable bonds is 5. The lowest BCUT2D eigenvalue weighted by Gasteiger charge is -2.20. The van der Waals surface area contributed by atoms with Gasteiger partial charge in [0, 0.05) is 17.1 Å². The van der Waals surface area contributed by atoms with E-state index in [1.807, 2.05) is 19.9 Å². The molecular weight excluding hydrogens is 477 g/mol. The first kappa shape index (κ1) is 25.4. The zero-order valence-corrected chi connectivity index (χ0v) is 21.7. The molecule has 3 amide bonds. The molecule has 1 saturated heterocycles. The third-order valence-electron chi connectivity index (χ3n) is 6.07. The van der Waals surface area contributed by atoms with Crippen LogP contribution >= 0.6 is 11.8 Å². The van der Waals surface area contributed by atoms with E-state index in [9.17, 15) is 18.8 Å². The summed E-state index contributed by atoms with van der Waals surface area (Å²) < 4.78 is 15.9. The van der Waals surface area contributed by atoms with Crippen LogP contribution in [0.15, 0.2) is 59.5 Å². The van der Waals surface area contributed by atoms with Crippen molar-refractivity contribution in [3.8, 4) is 5.69 Å². The van der Waals surface area contributed by atoms with Crippen molar-refractivity contribution < 1.29 is 18.8 Å². The summed E-state index contributed by atoms with van der Waals surface area (Å²) in [5.74, 6) is -1.79. The van der Waals surface area contributed by atoms with Crippen LogP contribution in [-0.4, -0.2) is 33.1 Å². The van der Waals surface area contributed by atoms with Gasteiger partial charge in [0.1, 0.15) is 12.4 Å². The maximum Gasteiger partial charge on any atom is 0.294 e. The third-order valence-corrected chi connectivity index (χ3v) is 6.98. The Kier molecular flexibility index (Phi) is 6.91. The first-order chi connectivity index (χ1) is 17.0. The Labute approximate surface area is 214 Å². The Morgan fingerprint density at radius 3 is 2.36 bits per heavy atom. The second-order valence-corrected chi connectivity index (χ2v) is 10.7. The lowest BCUT2D eigenvalue weighted by atomic mass is 9.87. The first-order valence-corrected chi connectivity index (χ1v) is 12.4. The van der Waals surface area contributed by atoms with E-state index in [4.69, 9.17) is 0 Å². The molecule has 0 atom stereocenters. The van der Waals surface area contributed by atoms with E-state index in [1.54, 1.807) is 12.1 Å². The zero-order chi connectivity index (χ0) is 26.2. The van der Waals surface area contributed by atoms with Gasteiger partial charge >= 0.3 is 0 Å². The molecule has 0 unspecified atom stereocenters. The average molecular weight is 506 g/mol. The highest BCUT2D eigenvalue weighted by atomic mass is 32.2. The topological polar surface area (TPSA) is 71.4 Å². The summed E-state index contributed by atoms with van der Waals surface area (Å²) in [7, 11) is 0. The predicted molar refractivity (Wildman–Crippen MR) is 142 cm³/mol. The number of imide groups is 1. The molecule has 3 aromatic rings. The number of nitrogens with one attached hydrogen (secondary N) is 1. The van der Waals surface area contributed by atoms with Crippen LogP contribution in [0, 0.1) is 19.7 Å². The molecule has 2 aromatic carbocycles. The summed E-state index contributed by atoms with van der Waals surface area (Å²) in [6.07, 6.45) is 1.68. The van der Waals surface area contributed by atoms with Crippen LogP contribution in [0.4, 0.5) is 14.9 Å². The number of halogens is 1. The SMILES string of the molecule is Cc1cc(/C=C2/SC(=O)N(CC(=O)Nc3ccccc3F)C2=O)c(C)n1-c1ccc(C(C)(C)C)cc1. The standard InChI is InChI=1S/C28H28FN3O3S/c1-17-14-19(18(2)32(17)21-12-10-20(11-13-21)28(3,4)5)15-24-26(34)31(27(35)36-24)16-25(33)30-23-9-7-6-8-22(23)29/h6-15H,16H2,1-5H3,(H,30,33)/b24-15+. The zero-order valence-electron chi connectivity index (χ0n) is 20.9. The van der Waals surface area contributed by atoms with Crippen LogP contribution in [0.5, 0.6) is 0 Å². The quantitative estimate of drug-likeness (QED) is 0.419. The number of nitrogens with zero attached hydrogens (tertiary/aromatic N) is 2. The summed E-state index contributed by atoms with van der Waals surface area (Å²) in [6, 6.07) is 16.1. The van der Waals surface area contributed by atoms with Crippen molar-refractivity contribution in [3.63, 3.8) is 0 Å². The number of aryl methyl sites for hydroxylation is 1. The van der Waals surface area contributed by atoms with Crippen LogP contribution in [0.25, 0.3) is 11.8 Å². The van der Waals surface area contributed by atoms with Gasteiger partial charge in [0.15, 0.2) is 0 Å². The maximum absolute atomic E-state index is 13.8. The molecule has 1 N–H and O–H groups in total. The third kappa shape index (κ3) is 5.14. The van der Waals surface area contributed by atoms with Gasteiger partial charge in [-0.3, -0.25) is 19.3 Å². The van der Waals surface area contributed by atoms with Crippen molar-refractivity contribution in [2.75, 3.05) is 11.9 Å². The number of thioether (sulfide) groups is 1. The Balaban J connectivity index is 1.53. The Bertz CT molecular complexity index is 1380. The summed E-state index contributed by atoms with van der Waals surface area (Å²) in [5.41, 5.74) is 5.03.